The lowest BCUT2D eigenvalue weighted by atomic mass is 10.2. The van der Waals surface area contributed by atoms with E-state index < -0.39 is 24.6 Å². The lowest BCUT2D eigenvalue weighted by molar-refractivity contribution is -0.140. The minimum atomic E-state index is -1.29. The van der Waals surface area contributed by atoms with Gasteiger partial charge in [0, 0.05) is 19.1 Å². The number of aliphatic carboxylic acids is 1. The Bertz CT molecular complexity index is 365. The Morgan fingerprint density at radius 3 is 2.95 bits per heavy atom. The second-order valence-electron chi connectivity index (χ2n) is 5.17. The molecule has 0 aromatic rings. The number of rotatable bonds is 5. The highest BCUT2D eigenvalue weighted by Crippen LogP contribution is 2.22. The third-order valence-electron chi connectivity index (χ3n) is 3.74. The molecule has 2 rings (SSSR count). The monoisotopic (exact) mass is 287 g/mol. The molecule has 0 aliphatic carbocycles. The molecule has 0 saturated carbocycles. The predicted octanol–water partition coefficient (Wildman–Crippen LogP) is -1.41. The average Bonchev–Trinajstić information content (AvgIpc) is 2.89. The Morgan fingerprint density at radius 1 is 1.45 bits per heavy atom. The summed E-state index contributed by atoms with van der Waals surface area (Å²) in [6.07, 6.45) is 2.27. The van der Waals surface area contributed by atoms with Gasteiger partial charge in [-0.3, -0.25) is 4.90 Å². The molecule has 0 aromatic carbocycles. The number of hydrogen-bond donors (Lipinski definition) is 4. The van der Waals surface area contributed by atoms with Crippen LogP contribution in [0, 0.1) is 0 Å². The summed E-state index contributed by atoms with van der Waals surface area (Å²) in [4.78, 5) is 24.5. The zero-order valence-electron chi connectivity index (χ0n) is 11.2. The fourth-order valence-electron chi connectivity index (χ4n) is 2.61. The summed E-state index contributed by atoms with van der Waals surface area (Å²) in [7, 11) is 0. The van der Waals surface area contributed by atoms with Crippen LogP contribution >= 0.6 is 0 Å². The summed E-state index contributed by atoms with van der Waals surface area (Å²) in [5, 5.41) is 22.3. The van der Waals surface area contributed by atoms with Crippen molar-refractivity contribution in [3.05, 3.63) is 0 Å². The minimum absolute atomic E-state index is 0.0764. The predicted molar refractivity (Wildman–Crippen MR) is 69.4 cm³/mol. The number of aliphatic hydroxyl groups excluding tert-OH is 1. The fraction of sp³-hybridized carbons (Fsp3) is 0.833. The second-order valence-corrected chi connectivity index (χ2v) is 5.17. The van der Waals surface area contributed by atoms with E-state index in [4.69, 9.17) is 14.9 Å². The van der Waals surface area contributed by atoms with Crippen molar-refractivity contribution >= 4 is 12.0 Å². The summed E-state index contributed by atoms with van der Waals surface area (Å²) in [6.45, 7) is 2.23. The first kappa shape index (κ1) is 15.0. The van der Waals surface area contributed by atoms with Crippen LogP contribution in [0.2, 0.25) is 0 Å². The molecule has 0 bridgehead atoms. The van der Waals surface area contributed by atoms with Crippen molar-refractivity contribution in [2.24, 2.45) is 0 Å². The topological polar surface area (TPSA) is 111 Å². The number of carboxylic acids is 1. The van der Waals surface area contributed by atoms with Gasteiger partial charge in [-0.25, -0.2) is 9.59 Å². The SMILES string of the molecule is O=C(NCC1CN2CCCC2CO1)NC(CO)C(=O)O. The summed E-state index contributed by atoms with van der Waals surface area (Å²) in [6, 6.07) is -1.39. The van der Waals surface area contributed by atoms with Gasteiger partial charge in [-0.05, 0) is 19.4 Å². The molecule has 3 atom stereocenters. The smallest absolute Gasteiger partial charge is 0.328 e. The van der Waals surface area contributed by atoms with E-state index >= 15 is 0 Å². The normalized spacial score (nSPS) is 27.6. The molecule has 4 N–H and O–H groups in total. The zero-order valence-corrected chi connectivity index (χ0v) is 11.2. The first-order valence-electron chi connectivity index (χ1n) is 6.84. The van der Waals surface area contributed by atoms with E-state index in [1.54, 1.807) is 0 Å². The fourth-order valence-corrected chi connectivity index (χ4v) is 2.61. The zero-order chi connectivity index (χ0) is 14.5. The molecule has 0 aromatic heterocycles. The number of carbonyl (C=O) groups is 2. The van der Waals surface area contributed by atoms with Crippen molar-refractivity contribution in [1.82, 2.24) is 15.5 Å². The molecule has 0 radical (unpaired) electrons. The number of ether oxygens (including phenoxy) is 1. The Balaban J connectivity index is 1.69. The van der Waals surface area contributed by atoms with Crippen molar-refractivity contribution in [2.75, 3.05) is 32.8 Å². The maximum absolute atomic E-state index is 11.5. The largest absolute Gasteiger partial charge is 0.480 e. The van der Waals surface area contributed by atoms with Crippen LogP contribution in [0.5, 0.6) is 0 Å². The molecule has 8 nitrogen and oxygen atoms in total. The molecule has 20 heavy (non-hydrogen) atoms. The molecule has 0 spiro atoms. The molecule has 2 saturated heterocycles. The van der Waals surface area contributed by atoms with E-state index in [2.05, 4.69) is 15.5 Å². The highest BCUT2D eigenvalue weighted by Gasteiger charge is 2.32. The molecular weight excluding hydrogens is 266 g/mol. The summed E-state index contributed by atoms with van der Waals surface area (Å²) >= 11 is 0. The van der Waals surface area contributed by atoms with E-state index in [1.165, 1.54) is 6.42 Å². The number of nitrogens with zero attached hydrogens (tertiary/aromatic N) is 1. The van der Waals surface area contributed by atoms with Crippen molar-refractivity contribution < 1.29 is 24.5 Å². The molecule has 2 amide bonds. The Labute approximate surface area is 117 Å². The number of hydrogen-bond acceptors (Lipinski definition) is 5. The minimum Gasteiger partial charge on any atom is -0.480 e. The molecule has 114 valence electrons. The van der Waals surface area contributed by atoms with E-state index in [-0.39, 0.29) is 6.10 Å². The number of morpholine rings is 1. The van der Waals surface area contributed by atoms with Gasteiger partial charge in [-0.15, -0.1) is 0 Å². The van der Waals surface area contributed by atoms with Gasteiger partial charge in [0.15, 0.2) is 6.04 Å². The Morgan fingerprint density at radius 2 is 2.25 bits per heavy atom. The van der Waals surface area contributed by atoms with Gasteiger partial charge in [0.05, 0.1) is 19.3 Å². The van der Waals surface area contributed by atoms with Crippen LogP contribution in [0.4, 0.5) is 4.79 Å². The molecule has 2 aliphatic rings. The van der Waals surface area contributed by atoms with Crippen molar-refractivity contribution in [3.8, 4) is 0 Å². The average molecular weight is 287 g/mol. The van der Waals surface area contributed by atoms with E-state index in [9.17, 15) is 9.59 Å². The molecule has 2 fully saturated rings. The Hall–Kier alpha value is -1.38. The number of fused-ring (bicyclic) bond motifs is 1. The first-order valence-corrected chi connectivity index (χ1v) is 6.84. The summed E-state index contributed by atoms with van der Waals surface area (Å²) in [5.74, 6) is -1.27. The van der Waals surface area contributed by atoms with Crippen molar-refractivity contribution in [1.29, 1.82) is 0 Å². The third kappa shape index (κ3) is 3.81. The number of aliphatic hydroxyl groups is 1. The van der Waals surface area contributed by atoms with E-state index in [1.807, 2.05) is 0 Å². The van der Waals surface area contributed by atoms with Gasteiger partial charge >= 0.3 is 12.0 Å². The highest BCUT2D eigenvalue weighted by atomic mass is 16.5. The standard InChI is InChI=1S/C12H21N3O5/c16-6-10(11(17)18)14-12(19)13-4-9-5-15-3-1-2-8(15)7-20-9/h8-10,16H,1-7H2,(H,17,18)(H2,13,14,19). The maximum Gasteiger partial charge on any atom is 0.328 e. The lowest BCUT2D eigenvalue weighted by Crippen LogP contribution is -2.53. The van der Waals surface area contributed by atoms with Gasteiger partial charge in [-0.2, -0.15) is 0 Å². The number of amides is 2. The van der Waals surface area contributed by atoms with E-state index in [0.717, 1.165) is 19.5 Å². The quantitative estimate of drug-likeness (QED) is 0.494. The van der Waals surface area contributed by atoms with Gasteiger partial charge in [0.1, 0.15) is 0 Å². The van der Waals surface area contributed by atoms with Crippen LogP contribution < -0.4 is 10.6 Å². The first-order chi connectivity index (χ1) is 9.60. The molecule has 3 unspecified atom stereocenters. The van der Waals surface area contributed by atoms with Gasteiger partial charge < -0.3 is 25.6 Å². The summed E-state index contributed by atoms with van der Waals surface area (Å²) in [5.41, 5.74) is 0. The van der Waals surface area contributed by atoms with Crippen LogP contribution in [-0.2, 0) is 9.53 Å². The van der Waals surface area contributed by atoms with Crippen LogP contribution in [0.1, 0.15) is 12.8 Å². The number of nitrogens with one attached hydrogen (secondary N) is 2. The van der Waals surface area contributed by atoms with Crippen molar-refractivity contribution in [3.63, 3.8) is 0 Å². The van der Waals surface area contributed by atoms with Crippen LogP contribution in [-0.4, -0.2) is 78.1 Å². The number of urea groups is 1. The second kappa shape index (κ2) is 6.87. The number of carbonyl (C=O) groups excluding carboxylic acids is 1. The molecule has 8 heteroatoms. The van der Waals surface area contributed by atoms with Crippen LogP contribution in [0.15, 0.2) is 0 Å². The van der Waals surface area contributed by atoms with Crippen LogP contribution in [0.3, 0.4) is 0 Å². The maximum atomic E-state index is 11.5. The van der Waals surface area contributed by atoms with E-state index in [0.29, 0.717) is 19.2 Å². The third-order valence-corrected chi connectivity index (χ3v) is 3.74. The number of carboxylic acid groups (broad SMARTS) is 1. The van der Waals surface area contributed by atoms with Gasteiger partial charge in [0.25, 0.3) is 0 Å². The lowest BCUT2D eigenvalue weighted by Gasteiger charge is -2.35. The van der Waals surface area contributed by atoms with Gasteiger partial charge in [0.2, 0.25) is 0 Å². The van der Waals surface area contributed by atoms with Gasteiger partial charge in [-0.1, -0.05) is 0 Å². The van der Waals surface area contributed by atoms with Crippen LogP contribution in [0.25, 0.3) is 0 Å². The van der Waals surface area contributed by atoms with Crippen molar-refractivity contribution in [2.45, 2.75) is 31.0 Å². The molecule has 2 heterocycles. The Kier molecular flexibility index (Phi) is 5.16. The molecule has 2 aliphatic heterocycles. The molecular formula is C12H21N3O5. The summed E-state index contributed by atoms with van der Waals surface area (Å²) < 4.78 is 5.67. The highest BCUT2D eigenvalue weighted by molar-refractivity contribution is 5.82.